The van der Waals surface area contributed by atoms with Crippen molar-refractivity contribution in [3.05, 3.63) is 26.4 Å². The maximum Gasteiger partial charge on any atom is 0.266 e. The van der Waals surface area contributed by atoms with Crippen molar-refractivity contribution in [2.45, 2.75) is 32.2 Å². The van der Waals surface area contributed by atoms with Gasteiger partial charge in [0.05, 0.1) is 9.90 Å². The van der Waals surface area contributed by atoms with Crippen LogP contribution in [0.2, 0.25) is 0 Å². The van der Waals surface area contributed by atoms with Crippen LogP contribution in [0.4, 0.5) is 0 Å². The third kappa shape index (κ3) is 2.50. The van der Waals surface area contributed by atoms with Crippen LogP contribution in [0.5, 0.6) is 0 Å². The highest BCUT2D eigenvalue weighted by Gasteiger charge is 2.33. The Morgan fingerprint density at radius 1 is 1.50 bits per heavy atom. The highest BCUT2D eigenvalue weighted by atomic mass is 127. The summed E-state index contributed by atoms with van der Waals surface area (Å²) in [7, 11) is 0. The van der Waals surface area contributed by atoms with E-state index >= 15 is 0 Å². The minimum Gasteiger partial charge on any atom is -0.298 e. The molecule has 0 saturated heterocycles. The Morgan fingerprint density at radius 2 is 2.19 bits per heavy atom. The number of aromatic nitrogens is 2. The van der Waals surface area contributed by atoms with E-state index < -0.39 is 0 Å². The largest absolute Gasteiger partial charge is 0.298 e. The lowest BCUT2D eigenvalue weighted by molar-refractivity contribution is 0.286. The molecule has 0 unspecified atom stereocenters. The van der Waals surface area contributed by atoms with Crippen molar-refractivity contribution in [2.75, 3.05) is 5.33 Å². The van der Waals surface area contributed by atoms with Gasteiger partial charge in [-0.1, -0.05) is 28.8 Å². The Balaban J connectivity index is 2.26. The molecule has 0 aromatic carbocycles. The standard InChI is InChI=1S/C11H14BrIN2O/c12-6-11(3-1-2-4-11)7-15-8-14-5-9(13)10(15)16/h5,8H,1-4,6-7H2. The van der Waals surface area contributed by atoms with Gasteiger partial charge in [-0.05, 0) is 40.8 Å². The van der Waals surface area contributed by atoms with Crippen LogP contribution in [0.15, 0.2) is 17.3 Å². The van der Waals surface area contributed by atoms with Gasteiger partial charge in [0.2, 0.25) is 0 Å². The van der Waals surface area contributed by atoms with Crippen molar-refractivity contribution in [3.8, 4) is 0 Å². The van der Waals surface area contributed by atoms with Gasteiger partial charge in [0.25, 0.3) is 5.56 Å². The molecule has 0 amide bonds. The Labute approximate surface area is 117 Å². The normalized spacial score (nSPS) is 18.9. The molecule has 16 heavy (non-hydrogen) atoms. The van der Waals surface area contributed by atoms with E-state index in [0.29, 0.717) is 3.57 Å². The monoisotopic (exact) mass is 396 g/mol. The van der Waals surface area contributed by atoms with Gasteiger partial charge in [0.1, 0.15) is 0 Å². The Hall–Kier alpha value is 0.0900. The Bertz CT molecular complexity index is 426. The summed E-state index contributed by atoms with van der Waals surface area (Å²) in [6.07, 6.45) is 8.24. The third-order valence-electron chi connectivity index (χ3n) is 3.31. The smallest absolute Gasteiger partial charge is 0.266 e. The fourth-order valence-electron chi connectivity index (χ4n) is 2.36. The van der Waals surface area contributed by atoms with Crippen LogP contribution < -0.4 is 5.56 Å². The van der Waals surface area contributed by atoms with Gasteiger partial charge in [-0.3, -0.25) is 9.36 Å². The molecule has 88 valence electrons. The zero-order valence-corrected chi connectivity index (χ0v) is 12.7. The van der Waals surface area contributed by atoms with E-state index in [4.69, 9.17) is 0 Å². The fraction of sp³-hybridized carbons (Fsp3) is 0.636. The van der Waals surface area contributed by atoms with Gasteiger partial charge in [-0.15, -0.1) is 0 Å². The molecule has 1 aliphatic rings. The molecule has 1 aromatic heterocycles. The lowest BCUT2D eigenvalue weighted by Crippen LogP contribution is -2.32. The molecule has 0 aliphatic heterocycles. The molecule has 0 N–H and O–H groups in total. The van der Waals surface area contributed by atoms with E-state index in [1.54, 1.807) is 17.1 Å². The Kier molecular flexibility index (Phi) is 4.05. The van der Waals surface area contributed by atoms with Gasteiger partial charge >= 0.3 is 0 Å². The number of halogens is 2. The average Bonchev–Trinajstić information content (AvgIpc) is 2.74. The van der Waals surface area contributed by atoms with Crippen LogP contribution in [-0.2, 0) is 6.54 Å². The van der Waals surface area contributed by atoms with E-state index in [0.717, 1.165) is 11.9 Å². The first-order chi connectivity index (χ1) is 7.67. The maximum atomic E-state index is 11.9. The zero-order chi connectivity index (χ0) is 11.6. The number of nitrogens with zero attached hydrogens (tertiary/aromatic N) is 2. The van der Waals surface area contributed by atoms with Crippen molar-refractivity contribution < 1.29 is 0 Å². The lowest BCUT2D eigenvalue weighted by Gasteiger charge is -2.27. The van der Waals surface area contributed by atoms with E-state index in [1.807, 2.05) is 22.6 Å². The van der Waals surface area contributed by atoms with Crippen molar-refractivity contribution in [1.82, 2.24) is 9.55 Å². The summed E-state index contributed by atoms with van der Waals surface area (Å²) in [4.78, 5) is 16.0. The molecule has 1 heterocycles. The second-order valence-corrected chi connectivity index (χ2v) is 6.24. The van der Waals surface area contributed by atoms with Crippen LogP contribution in [0.3, 0.4) is 0 Å². The zero-order valence-electron chi connectivity index (χ0n) is 8.96. The summed E-state index contributed by atoms with van der Waals surface area (Å²) in [5.41, 5.74) is 0.346. The topological polar surface area (TPSA) is 34.9 Å². The summed E-state index contributed by atoms with van der Waals surface area (Å²) in [6.45, 7) is 0.793. The second-order valence-electron chi connectivity index (χ2n) is 4.52. The molecule has 1 aromatic rings. The first kappa shape index (κ1) is 12.5. The quantitative estimate of drug-likeness (QED) is 0.581. The number of rotatable bonds is 3. The first-order valence-electron chi connectivity index (χ1n) is 5.43. The third-order valence-corrected chi connectivity index (χ3v) is 5.24. The number of hydrogen-bond acceptors (Lipinski definition) is 2. The summed E-state index contributed by atoms with van der Waals surface area (Å²) < 4.78 is 2.46. The predicted octanol–water partition coefficient (Wildman–Crippen LogP) is 2.80. The molecule has 0 radical (unpaired) electrons. The van der Waals surface area contributed by atoms with E-state index in [-0.39, 0.29) is 11.0 Å². The van der Waals surface area contributed by atoms with Gasteiger partial charge in [0, 0.05) is 18.1 Å². The van der Waals surface area contributed by atoms with Crippen molar-refractivity contribution in [2.24, 2.45) is 5.41 Å². The van der Waals surface area contributed by atoms with Gasteiger partial charge in [-0.2, -0.15) is 0 Å². The molecule has 5 heteroatoms. The van der Waals surface area contributed by atoms with Crippen LogP contribution >= 0.6 is 38.5 Å². The van der Waals surface area contributed by atoms with Crippen LogP contribution in [0.25, 0.3) is 0 Å². The summed E-state index contributed by atoms with van der Waals surface area (Å²) in [5.74, 6) is 0. The second kappa shape index (κ2) is 5.16. The molecule has 1 saturated carbocycles. The molecule has 0 atom stereocenters. The molecule has 1 fully saturated rings. The van der Waals surface area contributed by atoms with E-state index in [2.05, 4.69) is 20.9 Å². The minimum atomic E-state index is 0.0859. The number of alkyl halides is 1. The van der Waals surface area contributed by atoms with Crippen LogP contribution in [0.1, 0.15) is 25.7 Å². The fourth-order valence-corrected chi connectivity index (χ4v) is 3.57. The van der Waals surface area contributed by atoms with Crippen molar-refractivity contribution in [1.29, 1.82) is 0 Å². The van der Waals surface area contributed by atoms with E-state index in [1.165, 1.54) is 25.7 Å². The Morgan fingerprint density at radius 3 is 2.81 bits per heavy atom. The average molecular weight is 397 g/mol. The molecule has 0 spiro atoms. The summed E-state index contributed by atoms with van der Waals surface area (Å²) in [5, 5.41) is 0.970. The highest BCUT2D eigenvalue weighted by molar-refractivity contribution is 14.1. The van der Waals surface area contributed by atoms with Crippen molar-refractivity contribution in [3.63, 3.8) is 0 Å². The predicted molar refractivity (Wildman–Crippen MR) is 75.9 cm³/mol. The van der Waals surface area contributed by atoms with Gasteiger partial charge in [-0.25, -0.2) is 4.98 Å². The maximum absolute atomic E-state index is 11.9. The van der Waals surface area contributed by atoms with Crippen molar-refractivity contribution >= 4 is 38.5 Å². The summed E-state index contributed by atoms with van der Waals surface area (Å²) in [6, 6.07) is 0. The molecule has 2 rings (SSSR count). The SMILES string of the molecule is O=c1c(I)cncn1CC1(CBr)CCCC1. The molecule has 0 bridgehead atoms. The molecule has 3 nitrogen and oxygen atoms in total. The highest BCUT2D eigenvalue weighted by Crippen LogP contribution is 2.40. The van der Waals surface area contributed by atoms with Crippen LogP contribution in [0, 0.1) is 8.99 Å². The minimum absolute atomic E-state index is 0.0859. The molecular weight excluding hydrogens is 383 g/mol. The number of hydrogen-bond donors (Lipinski definition) is 0. The van der Waals surface area contributed by atoms with Gasteiger partial charge < -0.3 is 0 Å². The summed E-state index contributed by atoms with van der Waals surface area (Å²) >= 11 is 5.64. The molecular formula is C11H14BrIN2O. The van der Waals surface area contributed by atoms with Gasteiger partial charge in [0.15, 0.2) is 0 Å². The first-order valence-corrected chi connectivity index (χ1v) is 7.63. The lowest BCUT2D eigenvalue weighted by atomic mass is 9.89. The van der Waals surface area contributed by atoms with E-state index in [9.17, 15) is 4.79 Å². The van der Waals surface area contributed by atoms with Crippen LogP contribution in [-0.4, -0.2) is 14.9 Å². The molecule has 1 aliphatic carbocycles.